The first-order chi connectivity index (χ1) is 15.1. The Balaban J connectivity index is 1.31. The summed E-state index contributed by atoms with van der Waals surface area (Å²) in [5, 5.41) is 10.9. The molecule has 2 aliphatic carbocycles. The van der Waals surface area contributed by atoms with Crippen molar-refractivity contribution >= 4 is 22.6 Å². The van der Waals surface area contributed by atoms with Gasteiger partial charge in [0.1, 0.15) is 0 Å². The molecule has 0 saturated heterocycles. The first-order valence-electron chi connectivity index (χ1n) is 10.7. The number of benzene rings is 2. The van der Waals surface area contributed by atoms with Gasteiger partial charge in [0.15, 0.2) is 0 Å². The van der Waals surface area contributed by atoms with Crippen LogP contribution in [-0.4, -0.2) is 39.0 Å². The number of fused-ring (bicyclic) bond motifs is 1. The molecule has 0 radical (unpaired) electrons. The van der Waals surface area contributed by atoms with Gasteiger partial charge < -0.3 is 10.2 Å². The minimum absolute atomic E-state index is 0.0113. The van der Waals surface area contributed by atoms with Crippen molar-refractivity contribution in [3.8, 4) is 0 Å². The van der Waals surface area contributed by atoms with Crippen molar-refractivity contribution in [2.45, 2.75) is 50.7 Å². The van der Waals surface area contributed by atoms with Crippen molar-refractivity contribution in [1.82, 2.24) is 20.4 Å². The van der Waals surface area contributed by atoms with Gasteiger partial charge in [0.25, 0.3) is 11.5 Å². The molecule has 1 heterocycles. The molecule has 2 fully saturated rings. The number of amides is 2. The van der Waals surface area contributed by atoms with E-state index < -0.39 is 0 Å². The Labute approximate surface area is 179 Å². The van der Waals surface area contributed by atoms with E-state index in [2.05, 4.69) is 15.5 Å². The monoisotopic (exact) mass is 416 g/mol. The second-order valence-electron chi connectivity index (χ2n) is 8.42. The second-order valence-corrected chi connectivity index (χ2v) is 8.42. The van der Waals surface area contributed by atoms with Crippen LogP contribution in [0.5, 0.6) is 0 Å². The maximum atomic E-state index is 13.2. The van der Waals surface area contributed by atoms with Crippen LogP contribution in [0.2, 0.25) is 0 Å². The molecule has 0 unspecified atom stereocenters. The highest BCUT2D eigenvalue weighted by Gasteiger charge is 2.33. The number of aromatic nitrogens is 2. The van der Waals surface area contributed by atoms with E-state index in [4.69, 9.17) is 0 Å². The van der Waals surface area contributed by atoms with Crippen molar-refractivity contribution in [3.05, 3.63) is 75.7 Å². The first-order valence-corrected chi connectivity index (χ1v) is 10.7. The van der Waals surface area contributed by atoms with Crippen LogP contribution in [0.1, 0.15) is 47.3 Å². The lowest BCUT2D eigenvalue weighted by molar-refractivity contribution is -0.131. The van der Waals surface area contributed by atoms with Crippen molar-refractivity contribution < 1.29 is 9.59 Å². The quantitative estimate of drug-likeness (QED) is 0.619. The molecule has 0 spiro atoms. The van der Waals surface area contributed by atoms with E-state index in [1.54, 1.807) is 12.1 Å². The molecule has 7 heteroatoms. The van der Waals surface area contributed by atoms with Gasteiger partial charge in [-0.05, 0) is 49.4 Å². The van der Waals surface area contributed by atoms with Crippen LogP contribution < -0.4 is 10.9 Å². The highest BCUT2D eigenvalue weighted by Crippen LogP contribution is 2.29. The number of nitrogens with one attached hydrogen (secondary N) is 2. The zero-order chi connectivity index (χ0) is 21.4. The van der Waals surface area contributed by atoms with Gasteiger partial charge in [-0.25, -0.2) is 5.10 Å². The number of hydrogen-bond donors (Lipinski definition) is 2. The Hall–Kier alpha value is -3.48. The molecule has 2 N–H and O–H groups in total. The Morgan fingerprint density at radius 3 is 2.39 bits per heavy atom. The molecular weight excluding hydrogens is 392 g/mol. The molecule has 5 rings (SSSR count). The van der Waals surface area contributed by atoms with E-state index in [1.165, 1.54) is 0 Å². The average molecular weight is 416 g/mol. The third kappa shape index (κ3) is 4.35. The average Bonchev–Trinajstić information content (AvgIpc) is 3.70. The first kappa shape index (κ1) is 19.5. The molecule has 31 heavy (non-hydrogen) atoms. The van der Waals surface area contributed by atoms with Crippen LogP contribution in [0.4, 0.5) is 0 Å². The second kappa shape index (κ2) is 7.98. The predicted octanol–water partition coefficient (Wildman–Crippen LogP) is 2.55. The third-order valence-corrected chi connectivity index (χ3v) is 5.88. The number of nitrogens with zero attached hydrogens (tertiary/aromatic N) is 2. The van der Waals surface area contributed by atoms with Crippen LogP contribution in [0.3, 0.4) is 0 Å². The summed E-state index contributed by atoms with van der Waals surface area (Å²) < 4.78 is 0. The van der Waals surface area contributed by atoms with E-state index in [1.807, 2.05) is 41.3 Å². The summed E-state index contributed by atoms with van der Waals surface area (Å²) in [5.41, 5.74) is 1.96. The molecule has 0 atom stereocenters. The van der Waals surface area contributed by atoms with E-state index in [0.717, 1.165) is 31.2 Å². The summed E-state index contributed by atoms with van der Waals surface area (Å²) in [6.45, 7) is 0.495. The lowest BCUT2D eigenvalue weighted by atomic mass is 10.1. The molecule has 7 nitrogen and oxygen atoms in total. The van der Waals surface area contributed by atoms with Gasteiger partial charge in [-0.15, -0.1) is 0 Å². The Kier molecular flexibility index (Phi) is 5.02. The standard InChI is InChI=1S/C24H24N4O3/c29-22(13-21-19-3-1-2-4-20(19)24(31)27-26-21)28(18-11-12-18)14-15-5-7-16(8-6-15)23(30)25-17-9-10-17/h1-8,17-18H,9-14H2,(H,25,30)(H,27,31). The van der Waals surface area contributed by atoms with Crippen LogP contribution in [-0.2, 0) is 17.8 Å². The summed E-state index contributed by atoms with van der Waals surface area (Å²) in [7, 11) is 0. The van der Waals surface area contributed by atoms with Crippen molar-refractivity contribution in [1.29, 1.82) is 0 Å². The molecule has 1 aromatic heterocycles. The van der Waals surface area contributed by atoms with Gasteiger partial charge in [0.05, 0.1) is 17.5 Å². The lowest BCUT2D eigenvalue weighted by Gasteiger charge is -2.23. The number of carbonyl (C=O) groups is 2. The van der Waals surface area contributed by atoms with Crippen molar-refractivity contribution in [3.63, 3.8) is 0 Å². The number of H-pyrrole nitrogens is 1. The fourth-order valence-electron chi connectivity index (χ4n) is 3.81. The number of aromatic amines is 1. The Morgan fingerprint density at radius 2 is 1.71 bits per heavy atom. The third-order valence-electron chi connectivity index (χ3n) is 5.88. The van der Waals surface area contributed by atoms with Gasteiger partial charge in [-0.1, -0.05) is 30.3 Å². The van der Waals surface area contributed by atoms with Crippen LogP contribution in [0.25, 0.3) is 10.8 Å². The minimum Gasteiger partial charge on any atom is -0.349 e. The predicted molar refractivity (Wildman–Crippen MR) is 117 cm³/mol. The van der Waals surface area contributed by atoms with E-state index in [-0.39, 0.29) is 29.8 Å². The summed E-state index contributed by atoms with van der Waals surface area (Å²) in [4.78, 5) is 39.2. The summed E-state index contributed by atoms with van der Waals surface area (Å²) >= 11 is 0. The molecule has 2 amide bonds. The van der Waals surface area contributed by atoms with E-state index >= 15 is 0 Å². The maximum absolute atomic E-state index is 13.2. The van der Waals surface area contributed by atoms with E-state index in [9.17, 15) is 14.4 Å². The molecule has 2 aromatic carbocycles. The van der Waals surface area contributed by atoms with Gasteiger partial charge in [-0.3, -0.25) is 14.4 Å². The van der Waals surface area contributed by atoms with Crippen LogP contribution >= 0.6 is 0 Å². The number of rotatable bonds is 7. The molecule has 2 aliphatic rings. The highest BCUT2D eigenvalue weighted by molar-refractivity contribution is 5.94. The highest BCUT2D eigenvalue weighted by atomic mass is 16.2. The van der Waals surface area contributed by atoms with E-state index in [0.29, 0.717) is 34.6 Å². The van der Waals surface area contributed by atoms with Gasteiger partial charge in [0, 0.05) is 29.6 Å². The maximum Gasteiger partial charge on any atom is 0.272 e. The summed E-state index contributed by atoms with van der Waals surface area (Å²) in [6, 6.07) is 15.2. The Morgan fingerprint density at radius 1 is 1.00 bits per heavy atom. The van der Waals surface area contributed by atoms with Crippen LogP contribution in [0, 0.1) is 0 Å². The fourth-order valence-corrected chi connectivity index (χ4v) is 3.81. The zero-order valence-corrected chi connectivity index (χ0v) is 17.1. The largest absolute Gasteiger partial charge is 0.349 e. The SMILES string of the molecule is O=C(NC1CC1)c1ccc(CN(C(=O)Cc2n[nH]c(=O)c3ccccc23)C2CC2)cc1. The minimum atomic E-state index is -0.253. The van der Waals surface area contributed by atoms with Crippen LogP contribution in [0.15, 0.2) is 53.3 Å². The van der Waals surface area contributed by atoms with Gasteiger partial charge in [0.2, 0.25) is 5.91 Å². The smallest absolute Gasteiger partial charge is 0.272 e. The molecule has 0 bridgehead atoms. The zero-order valence-electron chi connectivity index (χ0n) is 17.1. The fraction of sp³-hybridized carbons (Fsp3) is 0.333. The topological polar surface area (TPSA) is 95.2 Å². The number of hydrogen-bond acceptors (Lipinski definition) is 4. The molecule has 2 saturated carbocycles. The number of carbonyl (C=O) groups excluding carboxylic acids is 2. The Bertz CT molecular complexity index is 1190. The molecule has 0 aliphatic heterocycles. The molecule has 158 valence electrons. The summed E-state index contributed by atoms with van der Waals surface area (Å²) in [6.07, 6.45) is 4.24. The lowest BCUT2D eigenvalue weighted by Crippen LogP contribution is -2.34. The summed E-state index contributed by atoms with van der Waals surface area (Å²) in [5.74, 6) is -0.0528. The molecular formula is C24H24N4O3. The molecule has 3 aromatic rings. The normalized spacial score (nSPS) is 15.6. The van der Waals surface area contributed by atoms with Crippen molar-refractivity contribution in [2.75, 3.05) is 0 Å². The van der Waals surface area contributed by atoms with Gasteiger partial charge >= 0.3 is 0 Å². The van der Waals surface area contributed by atoms with Gasteiger partial charge in [-0.2, -0.15) is 5.10 Å². The van der Waals surface area contributed by atoms with Crippen molar-refractivity contribution in [2.24, 2.45) is 0 Å².